The van der Waals surface area contributed by atoms with E-state index in [1.54, 1.807) is 20.3 Å². The third kappa shape index (κ3) is 5.30. The van der Waals surface area contributed by atoms with Gasteiger partial charge in [-0.2, -0.15) is 25.1 Å². The van der Waals surface area contributed by atoms with Crippen LogP contribution in [0.15, 0.2) is 85.2 Å². The first kappa shape index (κ1) is 28.5. The molecule has 0 aliphatic rings. The molecule has 2 heterocycles. The van der Waals surface area contributed by atoms with E-state index in [1.165, 1.54) is 36.4 Å². The summed E-state index contributed by atoms with van der Waals surface area (Å²) >= 11 is 0. The van der Waals surface area contributed by atoms with Crippen molar-refractivity contribution in [1.29, 1.82) is 0 Å². The first-order valence-corrected chi connectivity index (χ1v) is 11.3. The average Bonchev–Trinajstić information content (AvgIpc) is 3.43. The van der Waals surface area contributed by atoms with E-state index in [-0.39, 0.29) is 61.6 Å². The van der Waals surface area contributed by atoms with Crippen molar-refractivity contribution in [3.8, 4) is 23.0 Å². The molecule has 5 aromatic rings. The van der Waals surface area contributed by atoms with E-state index >= 15 is 0 Å². The minimum atomic E-state index is -1.25. The maximum atomic E-state index is 13.0. The van der Waals surface area contributed by atoms with E-state index in [0.717, 1.165) is 0 Å². The Bertz CT molecular complexity index is 1560. The minimum Gasteiger partial charge on any atom is -0.508 e. The van der Waals surface area contributed by atoms with Crippen molar-refractivity contribution in [3.05, 3.63) is 112 Å². The third-order valence-corrected chi connectivity index (χ3v) is 6.25. The van der Waals surface area contributed by atoms with Crippen LogP contribution in [0.1, 0.15) is 30.9 Å². The van der Waals surface area contributed by atoms with Gasteiger partial charge in [0.05, 0.1) is 21.9 Å². The van der Waals surface area contributed by atoms with E-state index in [4.69, 9.17) is 8.83 Å². The van der Waals surface area contributed by atoms with Crippen LogP contribution in [0.5, 0.6) is 23.0 Å². The van der Waals surface area contributed by atoms with Crippen LogP contribution in [0.25, 0.3) is 21.9 Å². The van der Waals surface area contributed by atoms with Gasteiger partial charge in [0, 0.05) is 29.2 Å². The van der Waals surface area contributed by atoms with Gasteiger partial charge in [0.25, 0.3) is 0 Å². The van der Waals surface area contributed by atoms with Crippen LogP contribution in [0, 0.1) is 18.8 Å². The zero-order valence-electron chi connectivity index (χ0n) is 20.5. The van der Waals surface area contributed by atoms with Gasteiger partial charge >= 0.3 is 11.3 Å². The van der Waals surface area contributed by atoms with Gasteiger partial charge in [0.1, 0.15) is 34.2 Å². The largest absolute Gasteiger partial charge is 0.508 e. The van der Waals surface area contributed by atoms with Gasteiger partial charge in [-0.3, -0.25) is 5.41 Å². The molecule has 0 fully saturated rings. The van der Waals surface area contributed by atoms with Crippen LogP contribution in [0.3, 0.4) is 0 Å². The minimum absolute atomic E-state index is 0. The molecule has 0 bridgehead atoms. The third-order valence-electron chi connectivity index (χ3n) is 6.25. The molecule has 0 aliphatic heterocycles. The molecule has 3 aromatic carbocycles. The molecular weight excluding hydrogens is 532 g/mol. The molecule has 0 radical (unpaired) electrons. The molecule has 9 heteroatoms. The number of hydrogen-bond acceptors (Lipinski definition) is 8. The van der Waals surface area contributed by atoms with Crippen molar-refractivity contribution in [1.82, 2.24) is 0 Å². The average molecular weight is 557 g/mol. The number of phenolic OH excluding ortho intramolecular Hbond substituents is 2. The summed E-state index contributed by atoms with van der Waals surface area (Å²) in [6, 6.07) is 17.7. The van der Waals surface area contributed by atoms with E-state index in [2.05, 4.69) is 6.92 Å². The number of hydrogen-bond donors (Lipinski definition) is 4. The van der Waals surface area contributed by atoms with Gasteiger partial charge in [0.2, 0.25) is 0 Å². The molecule has 1 atom stereocenters. The molecule has 5 rings (SSSR count). The summed E-state index contributed by atoms with van der Waals surface area (Å²) in [5.41, 5.74) is -3.79. The maximum Gasteiger partial charge on any atom is 0.343 e. The molecule has 8 nitrogen and oxygen atoms in total. The molecule has 38 heavy (non-hydrogen) atoms. The monoisotopic (exact) mass is 557 g/mol. The van der Waals surface area contributed by atoms with Gasteiger partial charge in [-0.1, -0.05) is 0 Å². The summed E-state index contributed by atoms with van der Waals surface area (Å²) in [5, 5.41) is 41.6. The fraction of sp³-hybridized carbons (Fsp3) is 0.138. The first-order chi connectivity index (χ1) is 17.5. The van der Waals surface area contributed by atoms with Gasteiger partial charge in [-0.05, 0) is 30.2 Å². The summed E-state index contributed by atoms with van der Waals surface area (Å²) < 4.78 is 10.6. The molecule has 0 saturated heterocycles. The van der Waals surface area contributed by atoms with Gasteiger partial charge in [0.15, 0.2) is 0 Å². The van der Waals surface area contributed by atoms with Crippen molar-refractivity contribution in [2.75, 3.05) is 0 Å². The van der Waals surface area contributed by atoms with Crippen LogP contribution in [-0.4, -0.2) is 20.4 Å². The topological polar surface area (TPSA) is 141 Å². The quantitative estimate of drug-likeness (QED) is 0.132. The summed E-state index contributed by atoms with van der Waals surface area (Å²) in [4.78, 5) is 26.0. The van der Waals surface area contributed by atoms with Crippen molar-refractivity contribution in [2.24, 2.45) is 5.41 Å². The molecule has 0 saturated carbocycles. The summed E-state index contributed by atoms with van der Waals surface area (Å²) in [6.07, 6.45) is 1.62. The number of benzene rings is 2. The van der Waals surface area contributed by atoms with Gasteiger partial charge < -0.3 is 42.6 Å². The molecule has 0 spiro atoms. The maximum absolute atomic E-state index is 13.0. The normalized spacial score (nSPS) is 12.5. The number of fused-ring (bicyclic) bond motifs is 2. The molecule has 2 aromatic heterocycles. The van der Waals surface area contributed by atoms with E-state index in [9.17, 15) is 30.0 Å². The Morgan fingerprint density at radius 3 is 1.61 bits per heavy atom. The Hall–Kier alpha value is -4.07. The van der Waals surface area contributed by atoms with Crippen molar-refractivity contribution in [3.63, 3.8) is 0 Å². The summed E-state index contributed by atoms with van der Waals surface area (Å²) in [6.45, 7) is 7.36. The fourth-order valence-corrected chi connectivity index (χ4v) is 4.18. The molecule has 1 unspecified atom stereocenters. The Morgan fingerprint density at radius 1 is 0.842 bits per heavy atom. The predicted molar refractivity (Wildman–Crippen MR) is 139 cm³/mol. The number of rotatable bonds is 4. The Labute approximate surface area is 228 Å². The van der Waals surface area contributed by atoms with Crippen LogP contribution < -0.4 is 11.3 Å². The summed E-state index contributed by atoms with van der Waals surface area (Å²) in [7, 11) is 0. The molecular formula is C29H25FeO8-3. The number of phenols is 2. The Kier molecular flexibility index (Phi) is 8.34. The zero-order chi connectivity index (χ0) is 26.9. The Balaban J connectivity index is 0.000000598. The SMILES string of the molecule is [CH2-]C(C)([CH-]C)C(c1c(O)c2ccc(O)cc2oc1=O)c1c(O)c2ccc(O)cc2oc1=O.[Fe].c1cc[cH-]c1. The van der Waals surface area contributed by atoms with E-state index in [0.29, 0.717) is 0 Å². The predicted octanol–water partition coefficient (Wildman–Crippen LogP) is 5.32. The van der Waals surface area contributed by atoms with Gasteiger partial charge in [-0.15, -0.1) is 6.92 Å². The second kappa shape index (κ2) is 11.1. The zero-order valence-corrected chi connectivity index (χ0v) is 21.6. The van der Waals surface area contributed by atoms with Crippen LogP contribution in [0.2, 0.25) is 0 Å². The van der Waals surface area contributed by atoms with Crippen molar-refractivity contribution < 1.29 is 46.3 Å². The van der Waals surface area contributed by atoms with Crippen molar-refractivity contribution >= 4 is 21.9 Å². The second-order valence-electron chi connectivity index (χ2n) is 8.85. The van der Waals surface area contributed by atoms with E-state index < -0.39 is 34.1 Å². The van der Waals surface area contributed by atoms with E-state index in [1.807, 2.05) is 30.3 Å². The Morgan fingerprint density at radius 2 is 1.26 bits per heavy atom. The molecule has 200 valence electrons. The molecule has 0 aliphatic carbocycles. The number of aromatic hydroxyl groups is 4. The van der Waals surface area contributed by atoms with Crippen LogP contribution in [-0.2, 0) is 17.1 Å². The van der Waals surface area contributed by atoms with Crippen LogP contribution in [0.4, 0.5) is 0 Å². The first-order valence-electron chi connectivity index (χ1n) is 11.3. The fourth-order valence-electron chi connectivity index (χ4n) is 4.18. The second-order valence-corrected chi connectivity index (χ2v) is 8.85. The van der Waals surface area contributed by atoms with Crippen molar-refractivity contribution in [2.45, 2.75) is 19.8 Å². The summed E-state index contributed by atoms with van der Waals surface area (Å²) in [5.74, 6) is -2.52. The molecule has 4 N–H and O–H groups in total. The van der Waals surface area contributed by atoms with Gasteiger partial charge in [-0.25, -0.2) is 21.7 Å². The smallest absolute Gasteiger partial charge is 0.343 e. The standard InChI is InChI=1S/C24H20O8.C5H5.Fe/c1-4-24(2,3)19(17-20(27)13-7-5-11(25)9-15(13)31-22(17)29)18-21(28)14-8-6-12(26)10-16(14)32-23(18)30;1-2-4-5-3-1;/h4-10,19,25-28H,2H2,1,3H3;1-5H;/q-2;-1;. The molecule has 0 amide bonds. The van der Waals surface area contributed by atoms with Crippen LogP contribution >= 0.6 is 0 Å².